The maximum absolute atomic E-state index is 14.0. The van der Waals surface area contributed by atoms with Crippen molar-refractivity contribution in [3.05, 3.63) is 42.0 Å². The number of hydrogen-bond donors (Lipinski definition) is 2. The van der Waals surface area contributed by atoms with Crippen molar-refractivity contribution in [2.45, 2.75) is 97.5 Å². The van der Waals surface area contributed by atoms with Crippen LogP contribution in [0.15, 0.2) is 30.8 Å². The van der Waals surface area contributed by atoms with Crippen molar-refractivity contribution in [3.8, 4) is 0 Å². The van der Waals surface area contributed by atoms with Gasteiger partial charge in [0, 0.05) is 12.1 Å². The summed E-state index contributed by atoms with van der Waals surface area (Å²) in [6.45, 7) is 16.9. The van der Waals surface area contributed by atoms with E-state index in [0.29, 0.717) is 6.42 Å². The van der Waals surface area contributed by atoms with Crippen LogP contribution in [-0.4, -0.2) is 46.5 Å². The Bertz CT molecular complexity index is 886. The molecule has 0 heterocycles. The predicted molar refractivity (Wildman–Crippen MR) is 135 cm³/mol. The Hall–Kier alpha value is -2.83. The molecule has 34 heavy (non-hydrogen) atoms. The number of hydrogen-bond acceptors (Lipinski definition) is 4. The van der Waals surface area contributed by atoms with Gasteiger partial charge in [0.25, 0.3) is 0 Å². The maximum Gasteiger partial charge on any atom is 0.408 e. The van der Waals surface area contributed by atoms with Crippen LogP contribution in [0.2, 0.25) is 0 Å². The first kappa shape index (κ1) is 27.4. The third-order valence-corrected chi connectivity index (χ3v) is 5.77. The predicted octanol–water partition coefficient (Wildman–Crippen LogP) is 4.83. The van der Waals surface area contributed by atoms with E-state index in [1.54, 1.807) is 31.7 Å². The summed E-state index contributed by atoms with van der Waals surface area (Å²) in [4.78, 5) is 41.8. The van der Waals surface area contributed by atoms with Crippen LogP contribution in [-0.2, 0) is 14.3 Å². The minimum Gasteiger partial charge on any atom is -0.444 e. The van der Waals surface area contributed by atoms with Crippen molar-refractivity contribution in [2.24, 2.45) is 5.92 Å². The molecule has 0 radical (unpaired) electrons. The van der Waals surface area contributed by atoms with Crippen molar-refractivity contribution in [2.75, 3.05) is 0 Å². The first-order valence-electron chi connectivity index (χ1n) is 12.2. The number of alkyl carbamates (subject to hydrolysis) is 1. The molecule has 0 spiro atoms. The number of carbonyl (C=O) groups is 3. The van der Waals surface area contributed by atoms with E-state index in [0.717, 1.165) is 24.0 Å². The SMILES string of the molecule is C=Cc1cccc(C(C(=O)NC(C)C)N(C(=O)C(NC(=O)OC(C)(C)C)C(C)CC)C2CC2)c1. The van der Waals surface area contributed by atoms with E-state index in [2.05, 4.69) is 17.2 Å². The second kappa shape index (κ2) is 11.5. The Balaban J connectivity index is 2.49. The molecule has 3 unspecified atom stereocenters. The third kappa shape index (κ3) is 7.61. The van der Waals surface area contributed by atoms with Crippen LogP contribution >= 0.6 is 0 Å². The molecule has 7 heteroatoms. The van der Waals surface area contributed by atoms with E-state index < -0.39 is 23.8 Å². The number of amides is 3. The van der Waals surface area contributed by atoms with Gasteiger partial charge in [0.1, 0.15) is 17.7 Å². The highest BCUT2D eigenvalue weighted by Gasteiger charge is 2.45. The van der Waals surface area contributed by atoms with Crippen molar-refractivity contribution in [1.29, 1.82) is 0 Å². The molecular formula is C27H41N3O4. The fraction of sp³-hybridized carbons (Fsp3) is 0.593. The number of ether oxygens (including phenoxy) is 1. The molecule has 1 aromatic carbocycles. The molecule has 3 amide bonds. The zero-order chi connectivity index (χ0) is 25.6. The Morgan fingerprint density at radius 2 is 1.82 bits per heavy atom. The first-order chi connectivity index (χ1) is 15.9. The average molecular weight is 472 g/mol. The molecule has 2 N–H and O–H groups in total. The Kier molecular flexibility index (Phi) is 9.30. The number of benzene rings is 1. The molecule has 1 fully saturated rings. The van der Waals surface area contributed by atoms with Crippen LogP contribution in [0.4, 0.5) is 4.79 Å². The smallest absolute Gasteiger partial charge is 0.408 e. The van der Waals surface area contributed by atoms with Gasteiger partial charge >= 0.3 is 6.09 Å². The van der Waals surface area contributed by atoms with Gasteiger partial charge in [-0.2, -0.15) is 0 Å². The summed E-state index contributed by atoms with van der Waals surface area (Å²) < 4.78 is 5.43. The molecule has 1 aliphatic carbocycles. The van der Waals surface area contributed by atoms with E-state index in [-0.39, 0.29) is 29.8 Å². The molecule has 0 aromatic heterocycles. The van der Waals surface area contributed by atoms with Crippen molar-refractivity contribution in [1.82, 2.24) is 15.5 Å². The second-order valence-electron chi connectivity index (χ2n) is 10.4. The minimum atomic E-state index is -0.811. The van der Waals surface area contributed by atoms with Crippen molar-refractivity contribution in [3.63, 3.8) is 0 Å². The highest BCUT2D eigenvalue weighted by Crippen LogP contribution is 2.36. The summed E-state index contributed by atoms with van der Waals surface area (Å²) in [5.41, 5.74) is 0.901. The first-order valence-corrected chi connectivity index (χ1v) is 12.2. The lowest BCUT2D eigenvalue weighted by Crippen LogP contribution is -2.56. The fourth-order valence-electron chi connectivity index (χ4n) is 3.81. The van der Waals surface area contributed by atoms with Gasteiger partial charge in [-0.25, -0.2) is 4.79 Å². The molecule has 0 saturated heterocycles. The van der Waals surface area contributed by atoms with Crippen LogP contribution in [0.3, 0.4) is 0 Å². The summed E-state index contributed by atoms with van der Waals surface area (Å²) in [5, 5.41) is 5.78. The van der Waals surface area contributed by atoms with Crippen LogP contribution < -0.4 is 10.6 Å². The molecule has 1 aromatic rings. The molecule has 0 aliphatic heterocycles. The zero-order valence-corrected chi connectivity index (χ0v) is 21.7. The van der Waals surface area contributed by atoms with Crippen LogP contribution in [0.5, 0.6) is 0 Å². The Labute approximate surface area is 204 Å². The van der Waals surface area contributed by atoms with Crippen molar-refractivity contribution >= 4 is 24.0 Å². The van der Waals surface area contributed by atoms with Crippen LogP contribution in [0, 0.1) is 5.92 Å². The fourth-order valence-corrected chi connectivity index (χ4v) is 3.81. The van der Waals surface area contributed by atoms with E-state index in [1.807, 2.05) is 52.0 Å². The normalized spacial score (nSPS) is 16.2. The molecule has 3 atom stereocenters. The lowest BCUT2D eigenvalue weighted by molar-refractivity contribution is -0.144. The van der Waals surface area contributed by atoms with Gasteiger partial charge in [-0.1, -0.05) is 51.1 Å². The number of nitrogens with zero attached hydrogens (tertiary/aromatic N) is 1. The Morgan fingerprint density at radius 1 is 1.18 bits per heavy atom. The summed E-state index contributed by atoms with van der Waals surface area (Å²) in [5.74, 6) is -0.651. The molecule has 7 nitrogen and oxygen atoms in total. The van der Waals surface area contributed by atoms with Gasteiger partial charge in [0.15, 0.2) is 0 Å². The highest BCUT2D eigenvalue weighted by molar-refractivity contribution is 5.93. The third-order valence-electron chi connectivity index (χ3n) is 5.77. The molecule has 0 bridgehead atoms. The lowest BCUT2D eigenvalue weighted by Gasteiger charge is -2.36. The number of rotatable bonds is 10. The van der Waals surface area contributed by atoms with E-state index >= 15 is 0 Å². The van der Waals surface area contributed by atoms with Gasteiger partial charge in [-0.15, -0.1) is 0 Å². The van der Waals surface area contributed by atoms with Gasteiger partial charge in [0.05, 0.1) is 0 Å². The lowest BCUT2D eigenvalue weighted by atomic mass is 9.95. The number of nitrogens with one attached hydrogen (secondary N) is 2. The standard InChI is InChI=1S/C27H41N3O4/c1-9-18(5)22(29-26(33)34-27(6,7)8)25(32)30(21-14-15-21)23(24(31)28-17(3)4)20-13-11-12-19(10-2)16-20/h10-13,16-18,21-23H,2,9,14-15H2,1,3-8H3,(H,28,31)(H,29,33). The van der Waals surface area contributed by atoms with Gasteiger partial charge in [-0.05, 0) is 70.6 Å². The monoisotopic (exact) mass is 471 g/mol. The van der Waals surface area contributed by atoms with E-state index in [9.17, 15) is 14.4 Å². The van der Waals surface area contributed by atoms with Crippen molar-refractivity contribution < 1.29 is 19.1 Å². The topological polar surface area (TPSA) is 87.7 Å². The quantitative estimate of drug-likeness (QED) is 0.512. The highest BCUT2D eigenvalue weighted by atomic mass is 16.6. The Morgan fingerprint density at radius 3 is 2.32 bits per heavy atom. The maximum atomic E-state index is 14.0. The van der Waals surface area contributed by atoms with E-state index in [1.165, 1.54) is 0 Å². The van der Waals surface area contributed by atoms with Gasteiger partial charge < -0.3 is 20.3 Å². The summed E-state index contributed by atoms with van der Waals surface area (Å²) in [6.07, 6.45) is 3.39. The van der Waals surface area contributed by atoms with Crippen LogP contribution in [0.1, 0.15) is 84.9 Å². The molecule has 1 saturated carbocycles. The molecule has 188 valence electrons. The van der Waals surface area contributed by atoms with Gasteiger partial charge in [-0.3, -0.25) is 9.59 Å². The van der Waals surface area contributed by atoms with E-state index in [4.69, 9.17) is 4.74 Å². The second-order valence-corrected chi connectivity index (χ2v) is 10.4. The summed E-state index contributed by atoms with van der Waals surface area (Å²) >= 11 is 0. The average Bonchev–Trinajstić information content (AvgIpc) is 3.58. The molecule has 1 aliphatic rings. The zero-order valence-electron chi connectivity index (χ0n) is 21.7. The summed E-state index contributed by atoms with van der Waals surface area (Å²) in [6, 6.07) is 5.76. The largest absolute Gasteiger partial charge is 0.444 e. The van der Waals surface area contributed by atoms with Gasteiger partial charge in [0.2, 0.25) is 11.8 Å². The number of carbonyl (C=O) groups excluding carboxylic acids is 3. The van der Waals surface area contributed by atoms with Crippen LogP contribution in [0.25, 0.3) is 6.08 Å². The molecular weight excluding hydrogens is 430 g/mol. The summed E-state index contributed by atoms with van der Waals surface area (Å²) in [7, 11) is 0. The minimum absolute atomic E-state index is 0.0604. The molecule has 2 rings (SSSR count).